The number of urea groups is 1. The molecular formula is C23H32N2O5S. The lowest BCUT2D eigenvalue weighted by atomic mass is 10.1. The van der Waals surface area contributed by atoms with Crippen molar-refractivity contribution in [2.24, 2.45) is 0 Å². The fraction of sp³-hybridized carbons (Fsp3) is 0.435. The van der Waals surface area contributed by atoms with Gasteiger partial charge in [0.05, 0.1) is 12.9 Å². The molecule has 1 atom stereocenters. The third kappa shape index (κ3) is 6.37. The summed E-state index contributed by atoms with van der Waals surface area (Å²) in [5, 5.41) is 3.03. The number of aryl methyl sites for hydroxylation is 2. The lowest BCUT2D eigenvalue weighted by molar-refractivity contribution is 0.187. The molecule has 0 spiro atoms. The van der Waals surface area contributed by atoms with Gasteiger partial charge in [-0.3, -0.25) is 0 Å². The molecule has 31 heavy (non-hydrogen) atoms. The second-order valence-corrected chi connectivity index (χ2v) is 9.36. The maximum Gasteiger partial charge on any atom is 0.322 e. The molecule has 0 aliphatic carbocycles. The number of nitrogens with one attached hydrogen (secondary N) is 1. The van der Waals surface area contributed by atoms with Crippen LogP contribution in [0.3, 0.4) is 0 Å². The van der Waals surface area contributed by atoms with Gasteiger partial charge >= 0.3 is 16.1 Å². The Morgan fingerprint density at radius 3 is 2.29 bits per heavy atom. The van der Waals surface area contributed by atoms with Gasteiger partial charge in [-0.2, -0.15) is 8.42 Å². The first-order valence-corrected chi connectivity index (χ1v) is 11.9. The van der Waals surface area contributed by atoms with Gasteiger partial charge in [0.25, 0.3) is 0 Å². The topological polar surface area (TPSA) is 84.9 Å². The number of carbonyl (C=O) groups excluding carboxylic acids is 1. The molecule has 0 bridgehead atoms. The van der Waals surface area contributed by atoms with Crippen LogP contribution in [0.15, 0.2) is 36.4 Å². The number of nitrogens with zero attached hydrogens (tertiary/aromatic N) is 1. The number of hydrogen-bond acceptors (Lipinski definition) is 5. The van der Waals surface area contributed by atoms with Gasteiger partial charge in [0, 0.05) is 18.3 Å². The second kappa shape index (κ2) is 10.5. The Kier molecular flexibility index (Phi) is 8.33. The van der Waals surface area contributed by atoms with Crippen molar-refractivity contribution in [3.8, 4) is 11.5 Å². The SMILES string of the molecule is CCC(C)N(Cc1ccc(OC)c(OS(=O)(=O)CC)c1)C(=O)Nc1c(C)cccc1C. The van der Waals surface area contributed by atoms with Crippen molar-refractivity contribution in [2.45, 2.75) is 53.6 Å². The molecular weight excluding hydrogens is 416 g/mol. The van der Waals surface area contributed by atoms with E-state index in [0.29, 0.717) is 5.75 Å². The average Bonchev–Trinajstić information content (AvgIpc) is 2.74. The largest absolute Gasteiger partial charge is 0.493 e. The van der Waals surface area contributed by atoms with Crippen LogP contribution in [0.2, 0.25) is 0 Å². The molecule has 170 valence electrons. The van der Waals surface area contributed by atoms with Crippen molar-refractivity contribution >= 4 is 21.8 Å². The van der Waals surface area contributed by atoms with E-state index in [9.17, 15) is 13.2 Å². The van der Waals surface area contributed by atoms with Crippen molar-refractivity contribution < 1.29 is 22.1 Å². The predicted octanol–water partition coefficient (Wildman–Crippen LogP) is 4.87. The number of rotatable bonds is 9. The van der Waals surface area contributed by atoms with Gasteiger partial charge in [0.15, 0.2) is 11.5 Å². The Labute approximate surface area is 185 Å². The van der Waals surface area contributed by atoms with Crippen LogP contribution in [0.5, 0.6) is 11.5 Å². The number of methoxy groups -OCH3 is 1. The quantitative estimate of drug-likeness (QED) is 0.553. The fourth-order valence-electron chi connectivity index (χ4n) is 3.12. The first-order valence-electron chi connectivity index (χ1n) is 10.3. The number of ether oxygens (including phenoxy) is 1. The molecule has 0 fully saturated rings. The Morgan fingerprint density at radius 1 is 1.10 bits per heavy atom. The zero-order chi connectivity index (χ0) is 23.2. The number of anilines is 1. The Balaban J connectivity index is 2.33. The maximum atomic E-state index is 13.2. The van der Waals surface area contributed by atoms with Crippen molar-refractivity contribution in [1.82, 2.24) is 4.90 Å². The van der Waals surface area contributed by atoms with E-state index in [0.717, 1.165) is 28.8 Å². The summed E-state index contributed by atoms with van der Waals surface area (Å²) in [4.78, 5) is 14.9. The highest BCUT2D eigenvalue weighted by molar-refractivity contribution is 7.87. The van der Waals surface area contributed by atoms with Crippen LogP contribution >= 0.6 is 0 Å². The molecule has 2 aromatic rings. The molecule has 8 heteroatoms. The predicted molar refractivity (Wildman–Crippen MR) is 123 cm³/mol. The van der Waals surface area contributed by atoms with Gasteiger partial charge in [-0.15, -0.1) is 0 Å². The zero-order valence-corrected chi connectivity index (χ0v) is 19.9. The summed E-state index contributed by atoms with van der Waals surface area (Å²) in [7, 11) is -2.26. The number of para-hydroxylation sites is 1. The summed E-state index contributed by atoms with van der Waals surface area (Å²) in [5.74, 6) is 0.273. The van der Waals surface area contributed by atoms with Crippen molar-refractivity contribution in [3.63, 3.8) is 0 Å². The normalized spacial score (nSPS) is 12.2. The maximum absolute atomic E-state index is 13.2. The molecule has 0 aliphatic rings. The molecule has 0 saturated heterocycles. The molecule has 7 nitrogen and oxygen atoms in total. The van der Waals surface area contributed by atoms with Gasteiger partial charge in [-0.05, 0) is 62.9 Å². The van der Waals surface area contributed by atoms with Crippen molar-refractivity contribution in [1.29, 1.82) is 0 Å². The van der Waals surface area contributed by atoms with Gasteiger partial charge in [0.2, 0.25) is 0 Å². The van der Waals surface area contributed by atoms with Crippen LogP contribution in [-0.2, 0) is 16.7 Å². The van der Waals surface area contributed by atoms with E-state index in [-0.39, 0.29) is 30.1 Å². The third-order valence-corrected chi connectivity index (χ3v) is 6.39. The molecule has 2 amide bonds. The van der Waals surface area contributed by atoms with Crippen LogP contribution in [0.1, 0.15) is 43.9 Å². The summed E-state index contributed by atoms with van der Waals surface area (Å²) in [5.41, 5.74) is 3.51. The Morgan fingerprint density at radius 2 is 1.74 bits per heavy atom. The number of hydrogen-bond donors (Lipinski definition) is 1. The lowest BCUT2D eigenvalue weighted by Crippen LogP contribution is -2.40. The van der Waals surface area contributed by atoms with E-state index < -0.39 is 10.1 Å². The van der Waals surface area contributed by atoms with Gasteiger partial charge in [-0.1, -0.05) is 31.2 Å². The van der Waals surface area contributed by atoms with E-state index in [1.807, 2.05) is 45.9 Å². The molecule has 0 radical (unpaired) electrons. The average molecular weight is 449 g/mol. The van der Waals surface area contributed by atoms with Gasteiger partial charge < -0.3 is 19.1 Å². The van der Waals surface area contributed by atoms with Crippen LogP contribution in [0.25, 0.3) is 0 Å². The first-order chi connectivity index (χ1) is 14.6. The standard InChI is InChI=1S/C23H32N2O5S/c1-7-18(5)25(23(26)24-22-16(3)10-9-11-17(22)4)15-19-12-13-20(29-6)21(14-19)30-31(27,28)8-2/h9-14,18H,7-8,15H2,1-6H3,(H,24,26). The van der Waals surface area contributed by atoms with Gasteiger partial charge in [0.1, 0.15) is 0 Å². The smallest absolute Gasteiger partial charge is 0.322 e. The van der Waals surface area contributed by atoms with E-state index in [2.05, 4.69) is 5.32 Å². The van der Waals surface area contributed by atoms with E-state index in [1.54, 1.807) is 23.1 Å². The number of carbonyl (C=O) groups is 1. The van der Waals surface area contributed by atoms with Crippen LogP contribution in [0, 0.1) is 13.8 Å². The zero-order valence-electron chi connectivity index (χ0n) is 19.1. The molecule has 1 unspecified atom stereocenters. The minimum Gasteiger partial charge on any atom is -0.493 e. The fourth-order valence-corrected chi connectivity index (χ4v) is 3.64. The van der Waals surface area contributed by atoms with Crippen LogP contribution in [0.4, 0.5) is 10.5 Å². The van der Waals surface area contributed by atoms with Crippen LogP contribution < -0.4 is 14.2 Å². The van der Waals surface area contributed by atoms with E-state index >= 15 is 0 Å². The molecule has 2 aromatic carbocycles. The molecule has 2 rings (SSSR count). The molecule has 0 aliphatic heterocycles. The highest BCUT2D eigenvalue weighted by Gasteiger charge is 2.22. The number of amides is 2. The van der Waals surface area contributed by atoms with E-state index in [4.69, 9.17) is 8.92 Å². The minimum absolute atomic E-state index is 0.0323. The lowest BCUT2D eigenvalue weighted by Gasteiger charge is -2.29. The summed E-state index contributed by atoms with van der Waals surface area (Å²) >= 11 is 0. The second-order valence-electron chi connectivity index (χ2n) is 7.50. The Bertz CT molecular complexity index is 1000. The molecule has 1 N–H and O–H groups in total. The Hall–Kier alpha value is -2.74. The molecule has 0 heterocycles. The highest BCUT2D eigenvalue weighted by Crippen LogP contribution is 2.30. The van der Waals surface area contributed by atoms with Crippen molar-refractivity contribution in [2.75, 3.05) is 18.2 Å². The highest BCUT2D eigenvalue weighted by atomic mass is 32.2. The van der Waals surface area contributed by atoms with Crippen LogP contribution in [-0.4, -0.2) is 38.3 Å². The van der Waals surface area contributed by atoms with Gasteiger partial charge in [-0.25, -0.2) is 4.79 Å². The summed E-state index contributed by atoms with van der Waals surface area (Å²) in [6.07, 6.45) is 0.768. The first kappa shape index (κ1) is 24.5. The summed E-state index contributed by atoms with van der Waals surface area (Å²) in [6, 6.07) is 10.7. The molecule has 0 saturated carbocycles. The molecule has 0 aromatic heterocycles. The third-order valence-electron chi connectivity index (χ3n) is 5.25. The summed E-state index contributed by atoms with van der Waals surface area (Å²) < 4.78 is 34.3. The summed E-state index contributed by atoms with van der Waals surface area (Å²) in [6.45, 7) is 9.70. The number of benzene rings is 2. The monoisotopic (exact) mass is 448 g/mol. The van der Waals surface area contributed by atoms with Crippen molar-refractivity contribution in [3.05, 3.63) is 53.1 Å². The minimum atomic E-state index is -3.71. The van der Waals surface area contributed by atoms with E-state index in [1.165, 1.54) is 14.0 Å².